The Morgan fingerprint density at radius 2 is 1.65 bits per heavy atom. The molecule has 0 aromatic heterocycles. The first-order valence-corrected chi connectivity index (χ1v) is 9.66. The first-order valence-electron chi connectivity index (χ1n) is 7.77. The summed E-state index contributed by atoms with van der Waals surface area (Å²) in [6, 6.07) is 11.5. The van der Waals surface area contributed by atoms with Gasteiger partial charge >= 0.3 is 5.97 Å². The minimum atomic E-state index is -3.55. The fourth-order valence-electron chi connectivity index (χ4n) is 2.23. The number of carbonyl (C=O) groups is 2. The second kappa shape index (κ2) is 8.01. The van der Waals surface area contributed by atoms with Crippen molar-refractivity contribution in [3.63, 3.8) is 0 Å². The van der Waals surface area contributed by atoms with E-state index in [1.807, 2.05) is 26.0 Å². The maximum atomic E-state index is 12.2. The van der Waals surface area contributed by atoms with E-state index in [-0.39, 0.29) is 11.3 Å². The molecule has 2 N–H and O–H groups in total. The van der Waals surface area contributed by atoms with E-state index in [1.54, 1.807) is 18.2 Å². The molecule has 0 fully saturated rings. The SMILES string of the molecule is Cc1cccc(NC(=O)COC(=O)c2ccccc2NS(C)(=O)=O)c1C. The number of anilines is 2. The fourth-order valence-corrected chi connectivity index (χ4v) is 2.81. The number of carbonyl (C=O) groups excluding carboxylic acids is 2. The minimum Gasteiger partial charge on any atom is -0.452 e. The highest BCUT2D eigenvalue weighted by atomic mass is 32.2. The molecule has 0 spiro atoms. The first-order chi connectivity index (χ1) is 12.2. The number of benzene rings is 2. The molecule has 2 rings (SSSR count). The molecule has 0 saturated carbocycles. The number of para-hydroxylation sites is 1. The Balaban J connectivity index is 2.03. The standard InChI is InChI=1S/C18H20N2O5S/c1-12-7-6-10-15(13(12)2)19-17(21)11-25-18(22)14-8-4-5-9-16(14)20-26(3,23)24/h4-10,20H,11H2,1-3H3,(H,19,21). The van der Waals surface area contributed by atoms with Crippen LogP contribution < -0.4 is 10.0 Å². The summed E-state index contributed by atoms with van der Waals surface area (Å²) >= 11 is 0. The van der Waals surface area contributed by atoms with Gasteiger partial charge in [0, 0.05) is 5.69 Å². The molecule has 0 aliphatic carbocycles. The van der Waals surface area contributed by atoms with Crippen LogP contribution in [0, 0.1) is 13.8 Å². The van der Waals surface area contributed by atoms with Crippen molar-refractivity contribution in [2.24, 2.45) is 0 Å². The average molecular weight is 376 g/mol. The van der Waals surface area contributed by atoms with Crippen molar-refractivity contribution in [1.29, 1.82) is 0 Å². The molecule has 0 heterocycles. The van der Waals surface area contributed by atoms with Gasteiger partial charge in [-0.1, -0.05) is 24.3 Å². The largest absolute Gasteiger partial charge is 0.452 e. The Labute approximate surface area is 152 Å². The summed E-state index contributed by atoms with van der Waals surface area (Å²) in [7, 11) is -3.55. The van der Waals surface area contributed by atoms with E-state index in [9.17, 15) is 18.0 Å². The summed E-state index contributed by atoms with van der Waals surface area (Å²) in [6.07, 6.45) is 0.979. The Kier molecular flexibility index (Phi) is 5.99. The van der Waals surface area contributed by atoms with Crippen LogP contribution in [0.5, 0.6) is 0 Å². The van der Waals surface area contributed by atoms with Crippen LogP contribution >= 0.6 is 0 Å². The summed E-state index contributed by atoms with van der Waals surface area (Å²) < 4.78 is 30.0. The van der Waals surface area contributed by atoms with Gasteiger partial charge in [-0.15, -0.1) is 0 Å². The third-order valence-electron chi connectivity index (χ3n) is 3.66. The van der Waals surface area contributed by atoms with E-state index in [1.165, 1.54) is 12.1 Å². The lowest BCUT2D eigenvalue weighted by atomic mass is 10.1. The lowest BCUT2D eigenvalue weighted by Crippen LogP contribution is -2.22. The molecular formula is C18H20N2O5S. The zero-order valence-corrected chi connectivity index (χ0v) is 15.5. The van der Waals surface area contributed by atoms with Crippen LogP contribution in [-0.4, -0.2) is 33.2 Å². The Hall–Kier alpha value is -2.87. The molecule has 0 atom stereocenters. The van der Waals surface area contributed by atoms with Gasteiger partial charge in [-0.3, -0.25) is 9.52 Å². The number of ether oxygens (including phenoxy) is 1. The van der Waals surface area contributed by atoms with E-state index in [4.69, 9.17) is 4.74 Å². The Morgan fingerprint density at radius 3 is 2.35 bits per heavy atom. The number of nitrogens with one attached hydrogen (secondary N) is 2. The first kappa shape index (κ1) is 19.5. The monoisotopic (exact) mass is 376 g/mol. The van der Waals surface area contributed by atoms with Gasteiger partial charge in [0.2, 0.25) is 10.0 Å². The lowest BCUT2D eigenvalue weighted by Gasteiger charge is -2.12. The molecule has 2 aromatic rings. The predicted octanol–water partition coefficient (Wildman–Crippen LogP) is 2.47. The number of amides is 1. The van der Waals surface area contributed by atoms with Gasteiger partial charge in [-0.25, -0.2) is 13.2 Å². The quantitative estimate of drug-likeness (QED) is 0.754. The summed E-state index contributed by atoms with van der Waals surface area (Å²) in [4.78, 5) is 24.2. The van der Waals surface area contributed by atoms with Gasteiger partial charge < -0.3 is 10.1 Å². The molecule has 138 valence electrons. The summed E-state index contributed by atoms with van der Waals surface area (Å²) in [5, 5.41) is 2.68. The molecule has 26 heavy (non-hydrogen) atoms. The number of esters is 1. The molecule has 0 bridgehead atoms. The number of aryl methyl sites for hydroxylation is 1. The highest BCUT2D eigenvalue weighted by molar-refractivity contribution is 7.92. The fraction of sp³-hybridized carbons (Fsp3) is 0.222. The van der Waals surface area contributed by atoms with Crippen LogP contribution in [0.25, 0.3) is 0 Å². The zero-order valence-electron chi connectivity index (χ0n) is 14.7. The van der Waals surface area contributed by atoms with Crippen molar-refractivity contribution in [2.45, 2.75) is 13.8 Å². The smallest absolute Gasteiger partial charge is 0.340 e. The number of hydrogen-bond donors (Lipinski definition) is 2. The van der Waals surface area contributed by atoms with Crippen LogP contribution in [0.2, 0.25) is 0 Å². The van der Waals surface area contributed by atoms with E-state index in [0.29, 0.717) is 5.69 Å². The zero-order chi connectivity index (χ0) is 19.3. The Morgan fingerprint density at radius 1 is 1.00 bits per heavy atom. The van der Waals surface area contributed by atoms with E-state index < -0.39 is 28.5 Å². The molecule has 1 amide bonds. The summed E-state index contributed by atoms with van der Waals surface area (Å²) in [5.74, 6) is -1.28. The maximum Gasteiger partial charge on any atom is 0.340 e. The summed E-state index contributed by atoms with van der Waals surface area (Å²) in [6.45, 7) is 3.32. The van der Waals surface area contributed by atoms with Crippen molar-refractivity contribution in [3.05, 3.63) is 59.2 Å². The molecule has 0 saturated heterocycles. The van der Waals surface area contributed by atoms with E-state index >= 15 is 0 Å². The highest BCUT2D eigenvalue weighted by Gasteiger charge is 2.16. The molecule has 8 heteroatoms. The molecule has 0 aliphatic heterocycles. The minimum absolute atomic E-state index is 0.0254. The molecular weight excluding hydrogens is 356 g/mol. The molecule has 0 radical (unpaired) electrons. The average Bonchev–Trinajstić information content (AvgIpc) is 2.56. The van der Waals surface area contributed by atoms with Crippen LogP contribution in [0.15, 0.2) is 42.5 Å². The summed E-state index contributed by atoms with van der Waals surface area (Å²) in [5.41, 5.74) is 2.72. The van der Waals surface area contributed by atoms with Crippen molar-refractivity contribution in [2.75, 3.05) is 22.9 Å². The molecule has 2 aromatic carbocycles. The Bertz CT molecular complexity index is 938. The third kappa shape index (κ3) is 5.32. The maximum absolute atomic E-state index is 12.2. The number of rotatable bonds is 6. The number of hydrogen-bond acceptors (Lipinski definition) is 5. The van der Waals surface area contributed by atoms with E-state index in [2.05, 4.69) is 10.0 Å². The predicted molar refractivity (Wildman–Crippen MR) is 99.7 cm³/mol. The van der Waals surface area contributed by atoms with Crippen LogP contribution in [0.3, 0.4) is 0 Å². The van der Waals surface area contributed by atoms with Crippen molar-refractivity contribution in [3.8, 4) is 0 Å². The van der Waals surface area contributed by atoms with Crippen LogP contribution in [-0.2, 0) is 19.6 Å². The molecule has 7 nitrogen and oxygen atoms in total. The van der Waals surface area contributed by atoms with Crippen molar-refractivity contribution < 1.29 is 22.7 Å². The van der Waals surface area contributed by atoms with Gasteiger partial charge in [-0.05, 0) is 43.2 Å². The van der Waals surface area contributed by atoms with Crippen molar-refractivity contribution in [1.82, 2.24) is 0 Å². The normalized spacial score (nSPS) is 10.9. The van der Waals surface area contributed by atoms with Gasteiger partial charge in [-0.2, -0.15) is 0 Å². The van der Waals surface area contributed by atoms with Crippen molar-refractivity contribution >= 4 is 33.3 Å². The topological polar surface area (TPSA) is 102 Å². The number of sulfonamides is 1. The molecule has 0 unspecified atom stereocenters. The van der Waals surface area contributed by atoms with Crippen LogP contribution in [0.1, 0.15) is 21.5 Å². The third-order valence-corrected chi connectivity index (χ3v) is 4.25. The lowest BCUT2D eigenvalue weighted by molar-refractivity contribution is -0.119. The van der Waals surface area contributed by atoms with Gasteiger partial charge in [0.05, 0.1) is 17.5 Å². The van der Waals surface area contributed by atoms with E-state index in [0.717, 1.165) is 17.4 Å². The van der Waals surface area contributed by atoms with Gasteiger partial charge in [0.25, 0.3) is 5.91 Å². The second-order valence-corrected chi connectivity index (χ2v) is 7.54. The van der Waals surface area contributed by atoms with Gasteiger partial charge in [0.15, 0.2) is 6.61 Å². The van der Waals surface area contributed by atoms with Gasteiger partial charge in [0.1, 0.15) is 0 Å². The molecule has 0 aliphatic rings. The highest BCUT2D eigenvalue weighted by Crippen LogP contribution is 2.19. The second-order valence-electron chi connectivity index (χ2n) is 5.79. The van der Waals surface area contributed by atoms with Crippen LogP contribution in [0.4, 0.5) is 11.4 Å².